The van der Waals surface area contributed by atoms with Crippen molar-refractivity contribution in [1.29, 1.82) is 0 Å². The van der Waals surface area contributed by atoms with E-state index in [0.717, 1.165) is 22.1 Å². The highest BCUT2D eigenvalue weighted by atomic mass is 19.1. The molecule has 0 unspecified atom stereocenters. The Labute approximate surface area is 166 Å². The van der Waals surface area contributed by atoms with Gasteiger partial charge in [-0.15, -0.1) is 0 Å². The Morgan fingerprint density at radius 2 is 1.72 bits per heavy atom. The van der Waals surface area contributed by atoms with Gasteiger partial charge in [-0.25, -0.2) is 4.39 Å². The van der Waals surface area contributed by atoms with E-state index in [1.54, 1.807) is 24.5 Å². The molecule has 3 aromatic heterocycles. The van der Waals surface area contributed by atoms with Gasteiger partial charge in [-0.1, -0.05) is 0 Å². The maximum absolute atomic E-state index is 13.8. The minimum absolute atomic E-state index is 0.270. The lowest BCUT2D eigenvalue weighted by Crippen LogP contribution is -2.16. The number of benzene rings is 2. The molecule has 1 amide bonds. The van der Waals surface area contributed by atoms with Gasteiger partial charge in [-0.3, -0.25) is 9.78 Å². The zero-order valence-corrected chi connectivity index (χ0v) is 15.6. The summed E-state index contributed by atoms with van der Waals surface area (Å²) in [5.41, 5.74) is 3.74. The van der Waals surface area contributed by atoms with E-state index < -0.39 is 0 Å². The van der Waals surface area contributed by atoms with Crippen LogP contribution >= 0.6 is 0 Å². The maximum atomic E-state index is 13.8. The molecule has 5 rings (SSSR count). The molecule has 1 N–H and O–H groups in total. The van der Waals surface area contributed by atoms with Gasteiger partial charge in [0.15, 0.2) is 0 Å². The Kier molecular flexibility index (Phi) is 3.91. The van der Waals surface area contributed by atoms with Gasteiger partial charge in [0.25, 0.3) is 5.91 Å². The number of rotatable bonds is 3. The molecule has 0 radical (unpaired) electrons. The van der Waals surface area contributed by atoms with Gasteiger partial charge in [-0.2, -0.15) is 0 Å². The molecule has 0 aliphatic heterocycles. The predicted molar refractivity (Wildman–Crippen MR) is 112 cm³/mol. The van der Waals surface area contributed by atoms with Gasteiger partial charge in [0.05, 0.1) is 5.52 Å². The van der Waals surface area contributed by atoms with Crippen LogP contribution in [0.1, 0.15) is 10.5 Å². The number of carbonyl (C=O) groups is 1. The van der Waals surface area contributed by atoms with Crippen molar-refractivity contribution in [2.45, 2.75) is 0 Å². The second-order valence-electron chi connectivity index (χ2n) is 6.93. The molecule has 0 saturated heterocycles. The minimum atomic E-state index is -0.342. The predicted octanol–water partition coefficient (Wildman–Crippen LogP) is 4.91. The maximum Gasteiger partial charge on any atom is 0.272 e. The second-order valence-corrected chi connectivity index (χ2v) is 6.93. The van der Waals surface area contributed by atoms with Crippen LogP contribution < -0.4 is 5.32 Å². The van der Waals surface area contributed by atoms with Crippen LogP contribution in [-0.2, 0) is 7.05 Å². The van der Waals surface area contributed by atoms with E-state index in [2.05, 4.69) is 10.3 Å². The Morgan fingerprint density at radius 1 is 0.931 bits per heavy atom. The van der Waals surface area contributed by atoms with Gasteiger partial charge in [0, 0.05) is 53.3 Å². The number of aromatic nitrogens is 3. The van der Waals surface area contributed by atoms with Crippen molar-refractivity contribution in [2.24, 2.45) is 7.05 Å². The largest absolute Gasteiger partial charge is 0.351 e. The zero-order chi connectivity index (χ0) is 20.0. The number of hydrogen-bond donors (Lipinski definition) is 1. The quantitative estimate of drug-likeness (QED) is 0.481. The summed E-state index contributed by atoms with van der Waals surface area (Å²) >= 11 is 0. The van der Waals surface area contributed by atoms with Crippen LogP contribution in [0.5, 0.6) is 0 Å². The highest BCUT2D eigenvalue weighted by molar-refractivity contribution is 6.07. The fourth-order valence-corrected chi connectivity index (χ4v) is 3.68. The van der Waals surface area contributed by atoms with Crippen molar-refractivity contribution in [1.82, 2.24) is 14.1 Å². The van der Waals surface area contributed by atoms with Crippen molar-refractivity contribution in [3.05, 3.63) is 90.8 Å². The summed E-state index contributed by atoms with van der Waals surface area (Å²) < 4.78 is 17.6. The van der Waals surface area contributed by atoms with Gasteiger partial charge in [0.1, 0.15) is 11.5 Å². The molecule has 0 aliphatic carbocycles. The first-order valence-corrected chi connectivity index (χ1v) is 9.18. The first kappa shape index (κ1) is 17.2. The third-order valence-electron chi connectivity index (χ3n) is 5.06. The second kappa shape index (κ2) is 6.60. The summed E-state index contributed by atoms with van der Waals surface area (Å²) in [6.07, 6.45) is 5.30. The molecule has 0 aliphatic rings. The summed E-state index contributed by atoms with van der Waals surface area (Å²) in [5, 5.41) is 4.67. The van der Waals surface area contributed by atoms with Gasteiger partial charge < -0.3 is 14.5 Å². The van der Waals surface area contributed by atoms with Crippen molar-refractivity contribution in [3.63, 3.8) is 0 Å². The molecule has 6 heteroatoms. The fraction of sp³-hybridized carbons (Fsp3) is 0.0435. The molecular weight excluding hydrogens is 367 g/mol. The lowest BCUT2D eigenvalue weighted by molar-refractivity contribution is 0.102. The molecule has 3 heterocycles. The van der Waals surface area contributed by atoms with E-state index in [4.69, 9.17) is 0 Å². The number of anilines is 1. The van der Waals surface area contributed by atoms with Gasteiger partial charge in [-0.05, 0) is 60.7 Å². The first-order chi connectivity index (χ1) is 14.1. The summed E-state index contributed by atoms with van der Waals surface area (Å²) in [4.78, 5) is 17.2. The number of aryl methyl sites for hydroxylation is 1. The average molecular weight is 384 g/mol. The highest BCUT2D eigenvalue weighted by Crippen LogP contribution is 2.26. The first-order valence-electron chi connectivity index (χ1n) is 9.18. The molecule has 5 nitrogen and oxygen atoms in total. The van der Waals surface area contributed by atoms with E-state index in [1.165, 1.54) is 12.1 Å². The number of nitrogens with zero attached hydrogens (tertiary/aromatic N) is 3. The van der Waals surface area contributed by atoms with Gasteiger partial charge in [0.2, 0.25) is 0 Å². The smallest absolute Gasteiger partial charge is 0.272 e. The molecule has 0 spiro atoms. The van der Waals surface area contributed by atoms with E-state index in [9.17, 15) is 9.18 Å². The number of amides is 1. The van der Waals surface area contributed by atoms with Crippen molar-refractivity contribution >= 4 is 33.4 Å². The van der Waals surface area contributed by atoms with Crippen LogP contribution in [0.2, 0.25) is 0 Å². The molecule has 0 fully saturated rings. The number of fused-ring (bicyclic) bond motifs is 2. The normalized spacial score (nSPS) is 11.2. The van der Waals surface area contributed by atoms with Crippen molar-refractivity contribution in [2.75, 3.05) is 5.32 Å². The highest BCUT2D eigenvalue weighted by Gasteiger charge is 2.18. The van der Waals surface area contributed by atoms with Crippen LogP contribution in [0, 0.1) is 5.82 Å². The lowest BCUT2D eigenvalue weighted by Gasteiger charge is -2.11. The van der Waals surface area contributed by atoms with Gasteiger partial charge >= 0.3 is 0 Å². The monoisotopic (exact) mass is 384 g/mol. The SMILES string of the molecule is Cn1ccc2cc(NC(=O)c3cc4cc(F)ccc4n3-c3ccncc3)ccc21. The Morgan fingerprint density at radius 3 is 2.55 bits per heavy atom. The topological polar surface area (TPSA) is 51.9 Å². The number of carbonyl (C=O) groups excluding carboxylic acids is 1. The number of nitrogens with one attached hydrogen (secondary N) is 1. The minimum Gasteiger partial charge on any atom is -0.351 e. The summed E-state index contributed by atoms with van der Waals surface area (Å²) in [5.74, 6) is -0.612. The van der Waals surface area contributed by atoms with E-state index in [0.29, 0.717) is 16.8 Å². The van der Waals surface area contributed by atoms with Crippen LogP contribution in [0.3, 0.4) is 0 Å². The molecule has 0 bridgehead atoms. The van der Waals surface area contributed by atoms with E-state index in [1.807, 2.05) is 58.8 Å². The average Bonchev–Trinajstić information content (AvgIpc) is 3.29. The van der Waals surface area contributed by atoms with Crippen LogP contribution in [0.25, 0.3) is 27.5 Å². The number of hydrogen-bond acceptors (Lipinski definition) is 2. The molecule has 29 heavy (non-hydrogen) atoms. The molecule has 0 atom stereocenters. The van der Waals surface area contributed by atoms with Crippen molar-refractivity contribution < 1.29 is 9.18 Å². The Balaban J connectivity index is 1.60. The summed E-state index contributed by atoms with van der Waals surface area (Å²) in [6, 6.07) is 17.6. The molecule has 5 aromatic rings. The van der Waals surface area contributed by atoms with Crippen LogP contribution in [0.4, 0.5) is 10.1 Å². The van der Waals surface area contributed by atoms with Crippen molar-refractivity contribution in [3.8, 4) is 5.69 Å². The molecule has 2 aromatic carbocycles. The summed E-state index contributed by atoms with van der Waals surface area (Å²) in [7, 11) is 1.98. The molecule has 0 saturated carbocycles. The summed E-state index contributed by atoms with van der Waals surface area (Å²) in [6.45, 7) is 0. The Hall–Kier alpha value is -3.93. The molecular formula is C23H17FN4O. The third kappa shape index (κ3) is 2.95. The standard InChI is InChI=1S/C23H17FN4O/c1-27-11-8-15-13-18(3-5-20(15)27)26-23(29)22-14-16-12-17(24)2-4-21(16)28(22)19-6-9-25-10-7-19/h2-14H,1H3,(H,26,29). The number of pyridine rings is 1. The Bertz CT molecular complexity index is 1370. The van der Waals surface area contributed by atoms with E-state index in [-0.39, 0.29) is 11.7 Å². The zero-order valence-electron chi connectivity index (χ0n) is 15.6. The number of halogens is 1. The molecule has 142 valence electrons. The van der Waals surface area contributed by atoms with Crippen LogP contribution in [0.15, 0.2) is 79.3 Å². The van der Waals surface area contributed by atoms with Crippen LogP contribution in [-0.4, -0.2) is 20.0 Å². The van der Waals surface area contributed by atoms with E-state index >= 15 is 0 Å². The fourth-order valence-electron chi connectivity index (χ4n) is 3.68. The lowest BCUT2D eigenvalue weighted by atomic mass is 10.2. The third-order valence-corrected chi connectivity index (χ3v) is 5.06.